The van der Waals surface area contributed by atoms with E-state index in [2.05, 4.69) is 10.1 Å². The van der Waals surface area contributed by atoms with E-state index in [9.17, 15) is 14.4 Å². The minimum Gasteiger partial charge on any atom is -0.481 e. The minimum absolute atomic E-state index is 0.0277. The van der Waals surface area contributed by atoms with Gasteiger partial charge < -0.3 is 20.9 Å². The Morgan fingerprint density at radius 2 is 2.07 bits per heavy atom. The van der Waals surface area contributed by atoms with Gasteiger partial charge in [0.05, 0.1) is 0 Å². The number of primary amides is 1. The Balaban J connectivity index is 4.10. The summed E-state index contributed by atoms with van der Waals surface area (Å²) < 4.78 is 4.53. The molecular formula is C8H14N2O5. The van der Waals surface area contributed by atoms with E-state index < -0.39 is 23.8 Å². The Morgan fingerprint density at radius 1 is 1.47 bits per heavy atom. The predicted molar refractivity (Wildman–Crippen MR) is 49.9 cm³/mol. The van der Waals surface area contributed by atoms with Crippen LogP contribution in [-0.4, -0.2) is 42.6 Å². The second-order valence-corrected chi connectivity index (χ2v) is 2.89. The number of rotatable bonds is 7. The quantitative estimate of drug-likeness (QED) is 0.479. The molecule has 0 unspecified atom stereocenters. The smallest absolute Gasteiger partial charge is 0.303 e. The summed E-state index contributed by atoms with van der Waals surface area (Å²) >= 11 is 0. The van der Waals surface area contributed by atoms with E-state index in [-0.39, 0.29) is 19.4 Å². The number of carbonyl (C=O) groups excluding carboxylic acids is 2. The number of nitrogens with two attached hydrogens (primary N) is 1. The number of aliphatic carboxylic acids is 1. The summed E-state index contributed by atoms with van der Waals surface area (Å²) in [5.74, 6) is -2.32. The van der Waals surface area contributed by atoms with Gasteiger partial charge in [-0.3, -0.25) is 14.4 Å². The molecular weight excluding hydrogens is 204 g/mol. The van der Waals surface area contributed by atoms with Crippen LogP contribution in [0.3, 0.4) is 0 Å². The second kappa shape index (κ2) is 6.77. The lowest BCUT2D eigenvalue weighted by atomic mass is 10.1. The fourth-order valence-electron chi connectivity index (χ4n) is 0.920. The number of hydrogen-bond donors (Lipinski definition) is 3. The molecule has 2 amide bonds. The van der Waals surface area contributed by atoms with Crippen LogP contribution in [0.15, 0.2) is 0 Å². The Kier molecular flexibility index (Phi) is 6.03. The average Bonchev–Trinajstić information content (AvgIpc) is 2.11. The number of carboxylic acid groups (broad SMARTS) is 1. The van der Waals surface area contributed by atoms with Crippen molar-refractivity contribution in [3.05, 3.63) is 0 Å². The van der Waals surface area contributed by atoms with Gasteiger partial charge in [-0.05, 0) is 6.42 Å². The first-order valence-corrected chi connectivity index (χ1v) is 4.26. The highest BCUT2D eigenvalue weighted by Gasteiger charge is 2.18. The molecule has 0 spiro atoms. The SMILES string of the molecule is COCC(=O)N[C@@H](CCC(=O)O)C(N)=O. The largest absolute Gasteiger partial charge is 0.481 e. The zero-order valence-electron chi connectivity index (χ0n) is 8.36. The molecule has 86 valence electrons. The molecule has 15 heavy (non-hydrogen) atoms. The Labute approximate surface area is 86.6 Å². The van der Waals surface area contributed by atoms with Crippen LogP contribution in [0.5, 0.6) is 0 Å². The van der Waals surface area contributed by atoms with Gasteiger partial charge in [0.2, 0.25) is 11.8 Å². The minimum atomic E-state index is -1.05. The molecule has 0 saturated carbocycles. The molecule has 4 N–H and O–H groups in total. The highest BCUT2D eigenvalue weighted by molar-refractivity contribution is 5.87. The fourth-order valence-corrected chi connectivity index (χ4v) is 0.920. The third-order valence-corrected chi connectivity index (χ3v) is 1.60. The predicted octanol–water partition coefficient (Wildman–Crippen LogP) is -1.53. The zero-order valence-corrected chi connectivity index (χ0v) is 8.36. The topological polar surface area (TPSA) is 119 Å². The molecule has 0 rings (SSSR count). The number of methoxy groups -OCH3 is 1. The van der Waals surface area contributed by atoms with Crippen molar-refractivity contribution in [2.45, 2.75) is 18.9 Å². The van der Waals surface area contributed by atoms with Crippen molar-refractivity contribution in [2.75, 3.05) is 13.7 Å². The van der Waals surface area contributed by atoms with Crippen molar-refractivity contribution in [2.24, 2.45) is 5.73 Å². The fraction of sp³-hybridized carbons (Fsp3) is 0.625. The van der Waals surface area contributed by atoms with E-state index in [1.807, 2.05) is 0 Å². The van der Waals surface area contributed by atoms with Crippen LogP contribution < -0.4 is 11.1 Å². The van der Waals surface area contributed by atoms with Crippen LogP contribution in [0.2, 0.25) is 0 Å². The molecule has 0 aliphatic heterocycles. The van der Waals surface area contributed by atoms with Gasteiger partial charge in [0.1, 0.15) is 12.6 Å². The summed E-state index contributed by atoms with van der Waals surface area (Å²) in [5.41, 5.74) is 4.98. The molecule has 0 radical (unpaired) electrons. The van der Waals surface area contributed by atoms with Gasteiger partial charge in [0.25, 0.3) is 0 Å². The normalized spacial score (nSPS) is 11.8. The highest BCUT2D eigenvalue weighted by Crippen LogP contribution is 1.96. The van der Waals surface area contributed by atoms with Gasteiger partial charge in [-0.1, -0.05) is 0 Å². The standard InChI is InChI=1S/C8H14N2O5/c1-15-4-6(11)10-5(8(9)14)2-3-7(12)13/h5H,2-4H2,1H3,(H2,9,14)(H,10,11)(H,12,13)/t5-/m0/s1. The molecule has 1 atom stereocenters. The van der Waals surface area contributed by atoms with Crippen molar-refractivity contribution in [3.8, 4) is 0 Å². The first-order chi connectivity index (χ1) is 6.97. The maximum absolute atomic E-state index is 11.0. The molecule has 0 heterocycles. The maximum Gasteiger partial charge on any atom is 0.303 e. The highest BCUT2D eigenvalue weighted by atomic mass is 16.5. The molecule has 7 nitrogen and oxygen atoms in total. The van der Waals surface area contributed by atoms with Crippen LogP contribution >= 0.6 is 0 Å². The summed E-state index contributed by atoms with van der Waals surface area (Å²) in [6.45, 7) is -0.198. The van der Waals surface area contributed by atoms with Gasteiger partial charge in [-0.2, -0.15) is 0 Å². The van der Waals surface area contributed by atoms with E-state index in [4.69, 9.17) is 10.8 Å². The summed E-state index contributed by atoms with van der Waals surface area (Å²) in [6.07, 6.45) is -0.263. The number of carbonyl (C=O) groups is 3. The zero-order chi connectivity index (χ0) is 11.8. The van der Waals surface area contributed by atoms with Crippen molar-refractivity contribution in [1.29, 1.82) is 0 Å². The summed E-state index contributed by atoms with van der Waals surface area (Å²) in [5, 5.41) is 10.7. The van der Waals surface area contributed by atoms with Crippen LogP contribution in [-0.2, 0) is 19.1 Å². The van der Waals surface area contributed by atoms with Crippen molar-refractivity contribution < 1.29 is 24.2 Å². The van der Waals surface area contributed by atoms with E-state index in [0.717, 1.165) is 0 Å². The third kappa shape index (κ3) is 6.44. The van der Waals surface area contributed by atoms with Gasteiger partial charge in [-0.25, -0.2) is 0 Å². The lowest BCUT2D eigenvalue weighted by Crippen LogP contribution is -2.45. The molecule has 0 aromatic rings. The molecule has 0 aromatic carbocycles. The molecule has 0 fully saturated rings. The number of carboxylic acids is 1. The van der Waals surface area contributed by atoms with E-state index in [0.29, 0.717) is 0 Å². The van der Waals surface area contributed by atoms with E-state index in [1.54, 1.807) is 0 Å². The second-order valence-electron chi connectivity index (χ2n) is 2.89. The van der Waals surface area contributed by atoms with Crippen molar-refractivity contribution >= 4 is 17.8 Å². The van der Waals surface area contributed by atoms with Gasteiger partial charge in [0.15, 0.2) is 0 Å². The van der Waals surface area contributed by atoms with Crippen molar-refractivity contribution in [3.63, 3.8) is 0 Å². The summed E-state index contributed by atoms with van der Waals surface area (Å²) in [4.78, 5) is 32.1. The molecule has 0 aromatic heterocycles. The van der Waals surface area contributed by atoms with Gasteiger partial charge in [-0.15, -0.1) is 0 Å². The third-order valence-electron chi connectivity index (χ3n) is 1.60. The van der Waals surface area contributed by atoms with Crippen molar-refractivity contribution in [1.82, 2.24) is 5.32 Å². The summed E-state index contributed by atoms with van der Waals surface area (Å²) in [6, 6.07) is -0.969. The van der Waals surface area contributed by atoms with E-state index in [1.165, 1.54) is 7.11 Å². The Morgan fingerprint density at radius 3 is 2.47 bits per heavy atom. The monoisotopic (exact) mass is 218 g/mol. The number of nitrogens with one attached hydrogen (secondary N) is 1. The summed E-state index contributed by atoms with van der Waals surface area (Å²) in [7, 11) is 1.33. The maximum atomic E-state index is 11.0. The number of amides is 2. The molecule has 0 aliphatic carbocycles. The Bertz CT molecular complexity index is 253. The number of hydrogen-bond acceptors (Lipinski definition) is 4. The molecule has 0 bridgehead atoms. The van der Waals surface area contributed by atoms with Crippen LogP contribution in [0.25, 0.3) is 0 Å². The molecule has 0 aliphatic rings. The van der Waals surface area contributed by atoms with Gasteiger partial charge in [0, 0.05) is 13.5 Å². The first kappa shape index (κ1) is 13.4. The van der Waals surface area contributed by atoms with E-state index >= 15 is 0 Å². The molecule has 0 saturated heterocycles. The lowest BCUT2D eigenvalue weighted by molar-refractivity contribution is -0.138. The van der Waals surface area contributed by atoms with Crippen LogP contribution in [0.4, 0.5) is 0 Å². The van der Waals surface area contributed by atoms with Crippen LogP contribution in [0, 0.1) is 0 Å². The van der Waals surface area contributed by atoms with Crippen LogP contribution in [0.1, 0.15) is 12.8 Å². The Hall–Kier alpha value is -1.63. The van der Waals surface area contributed by atoms with Gasteiger partial charge >= 0.3 is 5.97 Å². The first-order valence-electron chi connectivity index (χ1n) is 4.26. The number of ether oxygens (including phenoxy) is 1. The average molecular weight is 218 g/mol. The molecule has 7 heteroatoms. The lowest BCUT2D eigenvalue weighted by Gasteiger charge is -2.13.